The third-order valence-corrected chi connectivity index (χ3v) is 3.82. The monoisotopic (exact) mass is 295 g/mol. The van der Waals surface area contributed by atoms with Gasteiger partial charge in [-0.2, -0.15) is 0 Å². The number of aromatic nitrogens is 2. The van der Waals surface area contributed by atoms with Gasteiger partial charge in [0, 0.05) is 25.6 Å². The van der Waals surface area contributed by atoms with Crippen molar-refractivity contribution in [2.45, 2.75) is 12.8 Å². The highest BCUT2D eigenvalue weighted by atomic mass is 32.1. The quantitative estimate of drug-likeness (QED) is 0.760. The van der Waals surface area contributed by atoms with Crippen LogP contribution in [-0.2, 0) is 11.2 Å². The Kier molecular flexibility index (Phi) is 6.04. The number of ether oxygens (including phenoxy) is 1. The fraction of sp³-hybridized carbons (Fsp3) is 0.429. The lowest BCUT2D eigenvalue weighted by atomic mass is 10.2. The van der Waals surface area contributed by atoms with Crippen LogP contribution in [0.5, 0.6) is 0 Å². The second kappa shape index (κ2) is 8.04. The van der Waals surface area contributed by atoms with Gasteiger partial charge in [-0.15, -0.1) is 10.2 Å². The SMILES string of the molecule is COCCNCCCc1nnc(-c2ccc(F)cc2)s1. The van der Waals surface area contributed by atoms with Gasteiger partial charge >= 0.3 is 0 Å². The predicted molar refractivity (Wildman–Crippen MR) is 78.4 cm³/mol. The van der Waals surface area contributed by atoms with Crippen molar-refractivity contribution in [3.8, 4) is 10.6 Å². The van der Waals surface area contributed by atoms with Gasteiger partial charge in [-0.25, -0.2) is 4.39 Å². The zero-order valence-electron chi connectivity index (χ0n) is 11.4. The molecule has 0 bridgehead atoms. The average Bonchev–Trinajstić information content (AvgIpc) is 2.92. The van der Waals surface area contributed by atoms with Crippen molar-refractivity contribution in [2.24, 2.45) is 0 Å². The van der Waals surface area contributed by atoms with Crippen molar-refractivity contribution in [1.29, 1.82) is 0 Å². The van der Waals surface area contributed by atoms with E-state index in [1.165, 1.54) is 12.1 Å². The molecule has 2 aromatic rings. The van der Waals surface area contributed by atoms with Crippen LogP contribution < -0.4 is 5.32 Å². The lowest BCUT2D eigenvalue weighted by Gasteiger charge is -2.01. The molecule has 1 N–H and O–H groups in total. The molecule has 0 fully saturated rings. The Morgan fingerprint density at radius 3 is 2.75 bits per heavy atom. The van der Waals surface area contributed by atoms with Crippen molar-refractivity contribution in [1.82, 2.24) is 15.5 Å². The summed E-state index contributed by atoms with van der Waals surface area (Å²) in [6.45, 7) is 2.54. The van der Waals surface area contributed by atoms with Gasteiger partial charge in [0.1, 0.15) is 15.8 Å². The lowest BCUT2D eigenvalue weighted by Crippen LogP contribution is -2.20. The highest BCUT2D eigenvalue weighted by Crippen LogP contribution is 2.24. The number of rotatable bonds is 8. The van der Waals surface area contributed by atoms with Crippen LogP contribution >= 0.6 is 11.3 Å². The Morgan fingerprint density at radius 1 is 1.20 bits per heavy atom. The third-order valence-electron chi connectivity index (χ3n) is 2.79. The van der Waals surface area contributed by atoms with E-state index in [9.17, 15) is 4.39 Å². The first-order chi connectivity index (χ1) is 9.79. The number of hydrogen-bond donors (Lipinski definition) is 1. The average molecular weight is 295 g/mol. The first kappa shape index (κ1) is 15.0. The number of benzene rings is 1. The second-order valence-electron chi connectivity index (χ2n) is 4.35. The standard InChI is InChI=1S/C14H18FN3OS/c1-19-10-9-16-8-2-3-13-17-18-14(20-13)11-4-6-12(15)7-5-11/h4-7,16H,2-3,8-10H2,1H3. The molecule has 0 aliphatic carbocycles. The summed E-state index contributed by atoms with van der Waals surface area (Å²) in [6, 6.07) is 6.34. The van der Waals surface area contributed by atoms with Crippen LogP contribution in [0.2, 0.25) is 0 Å². The first-order valence-corrected chi connectivity index (χ1v) is 7.39. The fourth-order valence-corrected chi connectivity index (χ4v) is 2.61. The molecule has 0 spiro atoms. The minimum absolute atomic E-state index is 0.236. The Hall–Kier alpha value is -1.37. The number of methoxy groups -OCH3 is 1. The van der Waals surface area contributed by atoms with Crippen molar-refractivity contribution in [3.05, 3.63) is 35.1 Å². The van der Waals surface area contributed by atoms with Crippen LogP contribution in [0.25, 0.3) is 10.6 Å². The molecule has 0 amide bonds. The van der Waals surface area contributed by atoms with Gasteiger partial charge in [0.15, 0.2) is 0 Å². The maximum atomic E-state index is 12.9. The van der Waals surface area contributed by atoms with Crippen LogP contribution in [0.4, 0.5) is 4.39 Å². The van der Waals surface area contributed by atoms with Crippen molar-refractivity contribution in [3.63, 3.8) is 0 Å². The largest absolute Gasteiger partial charge is 0.383 e. The Balaban J connectivity index is 1.79. The summed E-state index contributed by atoms with van der Waals surface area (Å²) in [5.41, 5.74) is 0.911. The number of aryl methyl sites for hydroxylation is 1. The van der Waals surface area contributed by atoms with Crippen LogP contribution in [0.15, 0.2) is 24.3 Å². The summed E-state index contributed by atoms with van der Waals surface area (Å²) in [5.74, 6) is -0.236. The van der Waals surface area contributed by atoms with E-state index in [1.807, 2.05) is 0 Å². The Bertz CT molecular complexity index is 515. The summed E-state index contributed by atoms with van der Waals surface area (Å²) in [5, 5.41) is 13.5. The number of halogens is 1. The molecule has 20 heavy (non-hydrogen) atoms. The second-order valence-corrected chi connectivity index (χ2v) is 5.42. The molecule has 0 unspecified atom stereocenters. The molecule has 1 aromatic heterocycles. The van der Waals surface area contributed by atoms with Gasteiger partial charge < -0.3 is 10.1 Å². The van der Waals surface area contributed by atoms with E-state index in [-0.39, 0.29) is 5.82 Å². The molecule has 2 rings (SSSR count). The molecule has 0 atom stereocenters. The summed E-state index contributed by atoms with van der Waals surface area (Å²) in [4.78, 5) is 0. The highest BCUT2D eigenvalue weighted by Gasteiger charge is 2.06. The molecule has 4 nitrogen and oxygen atoms in total. The molecule has 1 heterocycles. The van der Waals surface area contributed by atoms with Gasteiger partial charge in [-0.3, -0.25) is 0 Å². The van der Waals surface area contributed by atoms with Gasteiger partial charge in [0.2, 0.25) is 0 Å². The molecule has 6 heteroatoms. The first-order valence-electron chi connectivity index (χ1n) is 6.57. The number of nitrogens with one attached hydrogen (secondary N) is 1. The van der Waals surface area contributed by atoms with E-state index in [0.717, 1.165) is 48.1 Å². The van der Waals surface area contributed by atoms with E-state index in [4.69, 9.17) is 4.74 Å². The highest BCUT2D eigenvalue weighted by molar-refractivity contribution is 7.14. The van der Waals surface area contributed by atoms with Gasteiger partial charge in [0.05, 0.1) is 6.61 Å². The summed E-state index contributed by atoms with van der Waals surface area (Å²) in [6.07, 6.45) is 1.92. The van der Waals surface area contributed by atoms with Crippen molar-refractivity contribution < 1.29 is 9.13 Å². The zero-order chi connectivity index (χ0) is 14.2. The molecule has 1 aromatic carbocycles. The van der Waals surface area contributed by atoms with Crippen LogP contribution in [0.1, 0.15) is 11.4 Å². The van der Waals surface area contributed by atoms with Crippen LogP contribution in [0.3, 0.4) is 0 Å². The van der Waals surface area contributed by atoms with Crippen LogP contribution in [-0.4, -0.2) is 37.0 Å². The minimum Gasteiger partial charge on any atom is -0.383 e. The predicted octanol–water partition coefficient (Wildman–Crippen LogP) is 2.51. The molecular formula is C14H18FN3OS. The van der Waals surface area contributed by atoms with Crippen LogP contribution in [0, 0.1) is 5.82 Å². The molecule has 0 aliphatic heterocycles. The molecule has 108 valence electrons. The van der Waals surface area contributed by atoms with Gasteiger partial charge in [-0.1, -0.05) is 11.3 Å². The minimum atomic E-state index is -0.236. The van der Waals surface area contributed by atoms with Gasteiger partial charge in [0.25, 0.3) is 0 Å². The summed E-state index contributed by atoms with van der Waals surface area (Å²) < 4.78 is 17.8. The zero-order valence-corrected chi connectivity index (χ0v) is 12.3. The van der Waals surface area contributed by atoms with E-state index >= 15 is 0 Å². The van der Waals surface area contributed by atoms with E-state index in [2.05, 4.69) is 15.5 Å². The number of nitrogens with zero attached hydrogens (tertiary/aromatic N) is 2. The third kappa shape index (κ3) is 4.63. The molecule has 0 saturated heterocycles. The van der Waals surface area contributed by atoms with E-state index < -0.39 is 0 Å². The molecule has 0 radical (unpaired) electrons. The maximum Gasteiger partial charge on any atom is 0.147 e. The van der Waals surface area contributed by atoms with Gasteiger partial charge in [-0.05, 0) is 37.2 Å². The van der Waals surface area contributed by atoms with Crippen molar-refractivity contribution in [2.75, 3.05) is 26.8 Å². The smallest absolute Gasteiger partial charge is 0.147 e. The van der Waals surface area contributed by atoms with E-state index in [1.54, 1.807) is 30.6 Å². The van der Waals surface area contributed by atoms with E-state index in [0.29, 0.717) is 0 Å². The van der Waals surface area contributed by atoms with Crippen molar-refractivity contribution >= 4 is 11.3 Å². The fourth-order valence-electron chi connectivity index (χ4n) is 1.73. The summed E-state index contributed by atoms with van der Waals surface area (Å²) >= 11 is 1.56. The number of hydrogen-bond acceptors (Lipinski definition) is 5. The molecule has 0 saturated carbocycles. The molecular weight excluding hydrogens is 277 g/mol. The Labute approximate surface area is 122 Å². The Morgan fingerprint density at radius 2 is 2.00 bits per heavy atom. The molecule has 0 aliphatic rings. The topological polar surface area (TPSA) is 47.0 Å². The lowest BCUT2D eigenvalue weighted by molar-refractivity contribution is 0.199. The summed E-state index contributed by atoms with van der Waals surface area (Å²) in [7, 11) is 1.69. The normalized spacial score (nSPS) is 10.9. The maximum absolute atomic E-state index is 12.9.